The molecule has 102 valence electrons. The number of alkyl halides is 3. The molecule has 2 nitrogen and oxygen atoms in total. The summed E-state index contributed by atoms with van der Waals surface area (Å²) in [4.78, 5) is 0. The van der Waals surface area contributed by atoms with Crippen molar-refractivity contribution in [3.8, 4) is 5.75 Å². The van der Waals surface area contributed by atoms with E-state index < -0.39 is 11.3 Å². The van der Waals surface area contributed by atoms with Gasteiger partial charge in [-0.25, -0.2) is 4.39 Å². The molecule has 1 aromatic rings. The predicted molar refractivity (Wildman–Crippen MR) is 63.2 cm³/mol. The average Bonchev–Trinajstić information content (AvgIpc) is 2.23. The Hall–Kier alpha value is -0.950. The summed E-state index contributed by atoms with van der Waals surface area (Å²) in [7, 11) is 1.71. The SMILES string of the molecule is CNCc1cc(F)cc(OCCSC(F)(F)F)c1. The van der Waals surface area contributed by atoms with Gasteiger partial charge in [0, 0.05) is 18.4 Å². The monoisotopic (exact) mass is 283 g/mol. The van der Waals surface area contributed by atoms with Gasteiger partial charge in [0.2, 0.25) is 0 Å². The van der Waals surface area contributed by atoms with Crippen LogP contribution in [0.5, 0.6) is 5.75 Å². The van der Waals surface area contributed by atoms with E-state index in [-0.39, 0.29) is 29.9 Å². The Kier molecular flexibility index (Phi) is 5.74. The van der Waals surface area contributed by atoms with Crippen molar-refractivity contribution in [1.29, 1.82) is 0 Å². The van der Waals surface area contributed by atoms with E-state index in [0.717, 1.165) is 6.07 Å². The lowest BCUT2D eigenvalue weighted by Gasteiger charge is -2.09. The summed E-state index contributed by atoms with van der Waals surface area (Å²) >= 11 is -0.160. The van der Waals surface area contributed by atoms with Crippen molar-refractivity contribution in [3.05, 3.63) is 29.6 Å². The van der Waals surface area contributed by atoms with Crippen molar-refractivity contribution >= 4 is 11.8 Å². The molecule has 0 aliphatic rings. The minimum Gasteiger partial charge on any atom is -0.493 e. The zero-order chi connectivity index (χ0) is 13.6. The molecule has 1 N–H and O–H groups in total. The molecule has 0 atom stereocenters. The molecular formula is C11H13F4NOS. The molecule has 0 heterocycles. The Morgan fingerprint density at radius 2 is 2.00 bits per heavy atom. The van der Waals surface area contributed by atoms with Crippen molar-refractivity contribution in [2.45, 2.75) is 12.1 Å². The summed E-state index contributed by atoms with van der Waals surface area (Å²) in [5.74, 6) is -0.453. The fourth-order valence-corrected chi connectivity index (χ4v) is 1.73. The van der Waals surface area contributed by atoms with E-state index in [1.165, 1.54) is 6.07 Å². The van der Waals surface area contributed by atoms with Gasteiger partial charge in [-0.1, -0.05) is 0 Å². The molecule has 0 spiro atoms. The van der Waals surface area contributed by atoms with Gasteiger partial charge in [0.15, 0.2) is 0 Å². The van der Waals surface area contributed by atoms with E-state index in [1.807, 2.05) is 0 Å². The first kappa shape index (κ1) is 15.1. The van der Waals surface area contributed by atoms with Gasteiger partial charge in [0.25, 0.3) is 0 Å². The highest BCUT2D eigenvalue weighted by atomic mass is 32.2. The van der Waals surface area contributed by atoms with Crippen LogP contribution in [0.2, 0.25) is 0 Å². The zero-order valence-electron chi connectivity index (χ0n) is 9.68. The molecule has 1 rings (SSSR count). The largest absolute Gasteiger partial charge is 0.493 e. The Balaban J connectivity index is 2.46. The number of halogens is 4. The molecule has 0 amide bonds. The van der Waals surface area contributed by atoms with Crippen LogP contribution in [0.25, 0.3) is 0 Å². The number of hydrogen-bond donors (Lipinski definition) is 1. The Morgan fingerprint density at radius 1 is 1.28 bits per heavy atom. The van der Waals surface area contributed by atoms with E-state index in [1.54, 1.807) is 13.1 Å². The van der Waals surface area contributed by atoms with Gasteiger partial charge in [-0.05, 0) is 36.5 Å². The van der Waals surface area contributed by atoms with E-state index >= 15 is 0 Å². The second kappa shape index (κ2) is 6.84. The van der Waals surface area contributed by atoms with Gasteiger partial charge in [-0.15, -0.1) is 0 Å². The number of thioether (sulfide) groups is 1. The quantitative estimate of drug-likeness (QED) is 0.640. The summed E-state index contributed by atoms with van der Waals surface area (Å²) in [6.07, 6.45) is 0. The minimum atomic E-state index is -4.26. The smallest absolute Gasteiger partial charge is 0.441 e. The molecule has 18 heavy (non-hydrogen) atoms. The van der Waals surface area contributed by atoms with Crippen molar-refractivity contribution in [2.75, 3.05) is 19.4 Å². The maximum absolute atomic E-state index is 13.2. The molecule has 0 aromatic heterocycles. The van der Waals surface area contributed by atoms with Crippen LogP contribution in [0.15, 0.2) is 18.2 Å². The lowest BCUT2D eigenvalue weighted by Crippen LogP contribution is -2.09. The van der Waals surface area contributed by atoms with Crippen LogP contribution < -0.4 is 10.1 Å². The first-order valence-corrected chi connectivity index (χ1v) is 6.17. The lowest BCUT2D eigenvalue weighted by atomic mass is 10.2. The van der Waals surface area contributed by atoms with Gasteiger partial charge < -0.3 is 10.1 Å². The second-order valence-corrected chi connectivity index (χ2v) is 4.63. The first-order chi connectivity index (χ1) is 8.40. The number of nitrogens with one attached hydrogen (secondary N) is 1. The number of hydrogen-bond acceptors (Lipinski definition) is 3. The Morgan fingerprint density at radius 3 is 2.61 bits per heavy atom. The molecule has 0 saturated heterocycles. The molecule has 0 saturated carbocycles. The van der Waals surface area contributed by atoms with Crippen LogP contribution in [0.3, 0.4) is 0 Å². The summed E-state index contributed by atoms with van der Waals surface area (Å²) in [5.41, 5.74) is -3.58. The van der Waals surface area contributed by atoms with Crippen molar-refractivity contribution < 1.29 is 22.3 Å². The van der Waals surface area contributed by atoms with Gasteiger partial charge in [-0.3, -0.25) is 0 Å². The van der Waals surface area contributed by atoms with Crippen LogP contribution in [-0.2, 0) is 6.54 Å². The highest BCUT2D eigenvalue weighted by Gasteiger charge is 2.27. The highest BCUT2D eigenvalue weighted by Crippen LogP contribution is 2.29. The molecule has 0 aliphatic heterocycles. The summed E-state index contributed by atoms with van der Waals surface area (Å²) in [5, 5.41) is 2.85. The van der Waals surface area contributed by atoms with Gasteiger partial charge in [-0.2, -0.15) is 13.2 Å². The highest BCUT2D eigenvalue weighted by molar-refractivity contribution is 8.00. The van der Waals surface area contributed by atoms with Crippen LogP contribution in [0.4, 0.5) is 17.6 Å². The Bertz CT molecular complexity index is 384. The summed E-state index contributed by atoms with van der Waals surface area (Å²) in [6, 6.07) is 4.09. The van der Waals surface area contributed by atoms with Crippen LogP contribution in [0, 0.1) is 5.82 Å². The van der Waals surface area contributed by atoms with Crippen molar-refractivity contribution in [1.82, 2.24) is 5.32 Å². The fraction of sp³-hybridized carbons (Fsp3) is 0.455. The van der Waals surface area contributed by atoms with Crippen LogP contribution in [-0.4, -0.2) is 24.9 Å². The van der Waals surface area contributed by atoms with Gasteiger partial charge in [0.05, 0.1) is 6.61 Å². The van der Waals surface area contributed by atoms with E-state index in [0.29, 0.717) is 12.1 Å². The minimum absolute atomic E-state index is 0.118. The van der Waals surface area contributed by atoms with Gasteiger partial charge in [0.1, 0.15) is 11.6 Å². The Labute approximate surface area is 107 Å². The number of rotatable bonds is 6. The lowest BCUT2D eigenvalue weighted by molar-refractivity contribution is -0.0329. The van der Waals surface area contributed by atoms with Crippen molar-refractivity contribution in [2.24, 2.45) is 0 Å². The molecule has 0 unspecified atom stereocenters. The van der Waals surface area contributed by atoms with Crippen LogP contribution in [0.1, 0.15) is 5.56 Å². The zero-order valence-corrected chi connectivity index (χ0v) is 10.5. The van der Waals surface area contributed by atoms with Gasteiger partial charge >= 0.3 is 5.51 Å². The van der Waals surface area contributed by atoms with E-state index in [2.05, 4.69) is 5.32 Å². The van der Waals surface area contributed by atoms with E-state index in [4.69, 9.17) is 4.74 Å². The summed E-state index contributed by atoms with van der Waals surface area (Å²) < 4.78 is 53.8. The molecule has 0 bridgehead atoms. The molecule has 0 aliphatic carbocycles. The molecule has 0 fully saturated rings. The first-order valence-electron chi connectivity index (χ1n) is 5.18. The third-order valence-corrected chi connectivity index (χ3v) is 2.63. The summed E-state index contributed by atoms with van der Waals surface area (Å²) in [6.45, 7) is 0.345. The third-order valence-electron chi connectivity index (χ3n) is 1.93. The number of benzene rings is 1. The molecule has 1 aromatic carbocycles. The average molecular weight is 283 g/mol. The standard InChI is InChI=1S/C11H13F4NOS/c1-16-7-8-4-9(12)6-10(5-8)17-2-3-18-11(13,14)15/h4-6,16H,2-3,7H2,1H3. The van der Waals surface area contributed by atoms with Crippen LogP contribution >= 0.6 is 11.8 Å². The second-order valence-electron chi connectivity index (χ2n) is 3.47. The topological polar surface area (TPSA) is 21.3 Å². The molecule has 0 radical (unpaired) electrons. The predicted octanol–water partition coefficient (Wildman–Crippen LogP) is 3.18. The third kappa shape index (κ3) is 6.11. The maximum atomic E-state index is 13.2. The number of ether oxygens (including phenoxy) is 1. The maximum Gasteiger partial charge on any atom is 0.441 e. The normalized spacial score (nSPS) is 11.6. The molecular weight excluding hydrogens is 270 g/mol. The molecule has 7 heteroatoms. The van der Waals surface area contributed by atoms with Crippen molar-refractivity contribution in [3.63, 3.8) is 0 Å². The fourth-order valence-electron chi connectivity index (χ4n) is 1.33. The van der Waals surface area contributed by atoms with E-state index in [9.17, 15) is 17.6 Å².